The fourth-order valence-electron chi connectivity index (χ4n) is 5.00. The molecule has 0 bridgehead atoms. The number of fused-ring (bicyclic) bond motifs is 1. The number of carbonyl (C=O) groups is 2. The Morgan fingerprint density at radius 1 is 1.13 bits per heavy atom. The van der Waals surface area contributed by atoms with Gasteiger partial charge < -0.3 is 19.6 Å². The summed E-state index contributed by atoms with van der Waals surface area (Å²) in [6, 6.07) is 14.1. The Balaban J connectivity index is 1.26. The fourth-order valence-corrected chi connectivity index (χ4v) is 5.00. The molecular formula is C24H25N3O4. The Kier molecular flexibility index (Phi) is 4.98. The molecule has 3 fully saturated rings. The zero-order valence-corrected chi connectivity index (χ0v) is 17.2. The van der Waals surface area contributed by atoms with Gasteiger partial charge in [-0.2, -0.15) is 0 Å². The number of pyridine rings is 1. The zero-order chi connectivity index (χ0) is 21.4. The molecule has 160 valence electrons. The second-order valence-electron chi connectivity index (χ2n) is 8.39. The average molecular weight is 419 g/mol. The Morgan fingerprint density at radius 3 is 2.58 bits per heavy atom. The van der Waals surface area contributed by atoms with Crippen molar-refractivity contribution in [2.45, 2.75) is 43.6 Å². The van der Waals surface area contributed by atoms with Crippen LogP contribution in [0.5, 0.6) is 0 Å². The zero-order valence-electron chi connectivity index (χ0n) is 17.2. The van der Waals surface area contributed by atoms with E-state index in [1.54, 1.807) is 6.20 Å². The topological polar surface area (TPSA) is 83.0 Å². The highest BCUT2D eigenvalue weighted by molar-refractivity contribution is 5.88. The Bertz CT molecular complexity index is 997. The van der Waals surface area contributed by atoms with Crippen LogP contribution in [0.4, 0.5) is 5.82 Å². The molecule has 7 nitrogen and oxygen atoms in total. The molecule has 3 aliphatic rings. The van der Waals surface area contributed by atoms with E-state index in [2.05, 4.69) is 22.0 Å². The minimum atomic E-state index is -0.985. The van der Waals surface area contributed by atoms with Crippen LogP contribution in [0.3, 0.4) is 0 Å². The van der Waals surface area contributed by atoms with Crippen molar-refractivity contribution in [2.24, 2.45) is 0 Å². The maximum atomic E-state index is 13.5. The van der Waals surface area contributed by atoms with Crippen molar-refractivity contribution >= 4 is 23.8 Å². The third-order valence-corrected chi connectivity index (χ3v) is 6.59. The van der Waals surface area contributed by atoms with Gasteiger partial charge in [-0.15, -0.1) is 0 Å². The number of rotatable bonds is 4. The SMILES string of the molecule is O=C(O)/C=C/c1ccc(N2CCC3(CC2)O[C@@H]2CC[C@@H](c4ccccc4)N2C3=O)nc1. The van der Waals surface area contributed by atoms with E-state index >= 15 is 0 Å². The van der Waals surface area contributed by atoms with Gasteiger partial charge in [0.2, 0.25) is 0 Å². The van der Waals surface area contributed by atoms with Gasteiger partial charge in [0.25, 0.3) is 5.91 Å². The third-order valence-electron chi connectivity index (χ3n) is 6.59. The van der Waals surface area contributed by atoms with Crippen molar-refractivity contribution in [3.8, 4) is 0 Å². The summed E-state index contributed by atoms with van der Waals surface area (Å²) in [5.41, 5.74) is 1.19. The Morgan fingerprint density at radius 2 is 1.90 bits per heavy atom. The molecule has 5 rings (SSSR count). The summed E-state index contributed by atoms with van der Waals surface area (Å²) in [7, 11) is 0. The molecule has 0 radical (unpaired) electrons. The molecule has 1 aromatic heterocycles. The first-order valence-electron chi connectivity index (χ1n) is 10.7. The van der Waals surface area contributed by atoms with Crippen molar-refractivity contribution in [3.63, 3.8) is 0 Å². The Labute approximate surface area is 180 Å². The van der Waals surface area contributed by atoms with Gasteiger partial charge in [-0.3, -0.25) is 4.79 Å². The summed E-state index contributed by atoms with van der Waals surface area (Å²) in [6.45, 7) is 1.39. The number of nitrogens with zero attached hydrogens (tertiary/aromatic N) is 3. The normalized spacial score (nSPS) is 24.8. The summed E-state index contributed by atoms with van der Waals surface area (Å²) >= 11 is 0. The molecular weight excluding hydrogens is 394 g/mol. The number of carbonyl (C=O) groups excluding carboxylic acids is 1. The van der Waals surface area contributed by atoms with Crippen LogP contribution in [-0.2, 0) is 14.3 Å². The van der Waals surface area contributed by atoms with E-state index in [1.165, 1.54) is 11.6 Å². The van der Waals surface area contributed by atoms with E-state index in [1.807, 2.05) is 35.2 Å². The third kappa shape index (κ3) is 3.59. The number of carboxylic acids is 1. The van der Waals surface area contributed by atoms with Gasteiger partial charge in [0.05, 0.1) is 6.04 Å². The largest absolute Gasteiger partial charge is 0.478 e. The summed E-state index contributed by atoms with van der Waals surface area (Å²) in [6.07, 6.45) is 7.26. The molecule has 2 aromatic rings. The minimum absolute atomic E-state index is 0.101. The molecule has 3 aliphatic heterocycles. The molecule has 0 aliphatic carbocycles. The highest BCUT2D eigenvalue weighted by Gasteiger charge is 2.57. The number of hydrogen-bond donors (Lipinski definition) is 1. The van der Waals surface area contributed by atoms with Crippen molar-refractivity contribution in [1.82, 2.24) is 9.88 Å². The fraction of sp³-hybridized carbons (Fsp3) is 0.375. The van der Waals surface area contributed by atoms with E-state index in [0.717, 1.165) is 30.3 Å². The Hall–Kier alpha value is -3.19. The predicted octanol–water partition coefficient (Wildman–Crippen LogP) is 3.24. The number of piperidine rings is 1. The lowest BCUT2D eigenvalue weighted by Crippen LogP contribution is -2.50. The number of anilines is 1. The van der Waals surface area contributed by atoms with Gasteiger partial charge in [-0.05, 0) is 42.2 Å². The van der Waals surface area contributed by atoms with Crippen molar-refractivity contribution < 1.29 is 19.4 Å². The molecule has 4 heterocycles. The van der Waals surface area contributed by atoms with Gasteiger partial charge >= 0.3 is 5.97 Å². The number of aromatic nitrogens is 1. The van der Waals surface area contributed by atoms with Gasteiger partial charge in [0.15, 0.2) is 5.60 Å². The first-order valence-corrected chi connectivity index (χ1v) is 10.7. The average Bonchev–Trinajstić information content (AvgIpc) is 3.32. The van der Waals surface area contributed by atoms with Crippen LogP contribution in [0.25, 0.3) is 6.08 Å². The monoisotopic (exact) mass is 419 g/mol. The maximum absolute atomic E-state index is 13.5. The second-order valence-corrected chi connectivity index (χ2v) is 8.39. The number of benzene rings is 1. The number of aliphatic carboxylic acids is 1. The quantitative estimate of drug-likeness (QED) is 0.766. The lowest BCUT2D eigenvalue weighted by Gasteiger charge is -2.38. The summed E-state index contributed by atoms with van der Waals surface area (Å²) in [4.78, 5) is 32.7. The van der Waals surface area contributed by atoms with E-state index in [9.17, 15) is 9.59 Å². The van der Waals surface area contributed by atoms with Crippen LogP contribution >= 0.6 is 0 Å². The van der Waals surface area contributed by atoms with Crippen LogP contribution < -0.4 is 4.90 Å². The highest BCUT2D eigenvalue weighted by atomic mass is 16.6. The van der Waals surface area contributed by atoms with Crippen LogP contribution in [0.15, 0.2) is 54.7 Å². The molecule has 1 aromatic carbocycles. The molecule has 1 spiro atoms. The summed E-state index contributed by atoms with van der Waals surface area (Å²) in [5.74, 6) is -0.0253. The van der Waals surface area contributed by atoms with Crippen molar-refractivity contribution in [2.75, 3.05) is 18.0 Å². The van der Waals surface area contributed by atoms with Crippen molar-refractivity contribution in [3.05, 3.63) is 65.9 Å². The number of hydrogen-bond acceptors (Lipinski definition) is 5. The standard InChI is InChI=1S/C24H25N3O4/c28-22(29)11-7-17-6-9-20(25-16-17)26-14-12-24(13-15-26)23(30)27-19(8-10-21(27)31-24)18-4-2-1-3-5-18/h1-7,9,11,16,19,21H,8,10,12-15H2,(H,28,29)/b11-7+/t19-,21+/m0/s1. The molecule has 3 saturated heterocycles. The van der Waals surface area contributed by atoms with Crippen molar-refractivity contribution in [1.29, 1.82) is 0 Å². The smallest absolute Gasteiger partial charge is 0.328 e. The molecule has 0 saturated carbocycles. The maximum Gasteiger partial charge on any atom is 0.328 e. The van der Waals surface area contributed by atoms with E-state index in [0.29, 0.717) is 25.9 Å². The molecule has 1 N–H and O–H groups in total. The van der Waals surface area contributed by atoms with Crippen LogP contribution in [0, 0.1) is 0 Å². The minimum Gasteiger partial charge on any atom is -0.478 e. The lowest BCUT2D eigenvalue weighted by molar-refractivity contribution is -0.140. The number of amides is 1. The number of ether oxygens (including phenoxy) is 1. The predicted molar refractivity (Wildman–Crippen MR) is 115 cm³/mol. The van der Waals surface area contributed by atoms with Crippen LogP contribution in [0.1, 0.15) is 42.9 Å². The van der Waals surface area contributed by atoms with E-state index in [-0.39, 0.29) is 18.2 Å². The van der Waals surface area contributed by atoms with Gasteiger partial charge in [0.1, 0.15) is 12.0 Å². The van der Waals surface area contributed by atoms with Crippen LogP contribution in [0.2, 0.25) is 0 Å². The second kappa shape index (κ2) is 7.81. The molecule has 1 amide bonds. The molecule has 7 heteroatoms. The first-order chi connectivity index (χ1) is 15.1. The molecule has 31 heavy (non-hydrogen) atoms. The molecule has 0 unspecified atom stereocenters. The van der Waals surface area contributed by atoms with Crippen LogP contribution in [-0.4, -0.2) is 51.8 Å². The molecule has 2 atom stereocenters. The van der Waals surface area contributed by atoms with E-state index < -0.39 is 11.6 Å². The highest BCUT2D eigenvalue weighted by Crippen LogP contribution is 2.47. The number of carboxylic acid groups (broad SMARTS) is 1. The first kappa shape index (κ1) is 19.8. The van der Waals surface area contributed by atoms with Gasteiger partial charge in [-0.1, -0.05) is 30.3 Å². The summed E-state index contributed by atoms with van der Waals surface area (Å²) in [5, 5.41) is 8.74. The van der Waals surface area contributed by atoms with Gasteiger partial charge in [-0.25, -0.2) is 9.78 Å². The lowest BCUT2D eigenvalue weighted by atomic mass is 9.89. The van der Waals surface area contributed by atoms with E-state index in [4.69, 9.17) is 9.84 Å². The van der Waals surface area contributed by atoms with Gasteiger partial charge in [0, 0.05) is 38.2 Å². The summed E-state index contributed by atoms with van der Waals surface area (Å²) < 4.78 is 6.40.